The number of hydrogen-bond donors (Lipinski definition) is 2. The van der Waals surface area contributed by atoms with Gasteiger partial charge in [0.1, 0.15) is 0 Å². The smallest absolute Gasteiger partial charge is 0.246 e. The highest BCUT2D eigenvalue weighted by Gasteiger charge is 2.20. The molecule has 1 saturated heterocycles. The van der Waals surface area contributed by atoms with Gasteiger partial charge in [-0.05, 0) is 37.8 Å². The summed E-state index contributed by atoms with van der Waals surface area (Å²) in [6, 6.07) is 8.31. The maximum absolute atomic E-state index is 12.2. The molecule has 1 amide bonds. The maximum atomic E-state index is 12.2. The number of amides is 1. The zero-order valence-corrected chi connectivity index (χ0v) is 19.0. The van der Waals surface area contributed by atoms with E-state index >= 15 is 0 Å². The summed E-state index contributed by atoms with van der Waals surface area (Å²) < 4.78 is 5.32. The number of nitrogens with one attached hydrogen (secondary N) is 2. The molecule has 0 aliphatic carbocycles. The van der Waals surface area contributed by atoms with E-state index in [0.29, 0.717) is 11.7 Å². The van der Waals surface area contributed by atoms with Crippen LogP contribution in [0.25, 0.3) is 11.4 Å². The van der Waals surface area contributed by atoms with E-state index in [-0.39, 0.29) is 18.5 Å². The van der Waals surface area contributed by atoms with Crippen molar-refractivity contribution in [2.24, 2.45) is 0 Å². The third-order valence-corrected chi connectivity index (χ3v) is 6.04. The van der Waals surface area contributed by atoms with E-state index in [1.165, 1.54) is 56.9 Å². The fourth-order valence-corrected chi connectivity index (χ4v) is 4.09. The first kappa shape index (κ1) is 23.5. The van der Waals surface area contributed by atoms with Crippen molar-refractivity contribution in [1.82, 2.24) is 20.8 Å². The number of unbranched alkanes of at least 4 members (excludes halogenated alkanes) is 7. The summed E-state index contributed by atoms with van der Waals surface area (Å²) in [4.78, 5) is 16.6. The fraction of sp³-hybridized carbons (Fsp3) is 0.640. The van der Waals surface area contributed by atoms with Gasteiger partial charge in [0.2, 0.25) is 17.6 Å². The molecule has 0 bridgehead atoms. The molecule has 2 heterocycles. The molecular weight excluding hydrogens is 388 g/mol. The molecule has 1 aliphatic rings. The van der Waals surface area contributed by atoms with Gasteiger partial charge in [0.05, 0.1) is 12.6 Å². The van der Waals surface area contributed by atoms with Gasteiger partial charge in [-0.1, -0.05) is 87.7 Å². The second-order valence-electron chi connectivity index (χ2n) is 8.65. The minimum absolute atomic E-state index is 0.00441. The zero-order valence-electron chi connectivity index (χ0n) is 19.0. The monoisotopic (exact) mass is 426 g/mol. The molecule has 31 heavy (non-hydrogen) atoms. The Labute approximate surface area is 186 Å². The summed E-state index contributed by atoms with van der Waals surface area (Å²) in [7, 11) is 0. The summed E-state index contributed by atoms with van der Waals surface area (Å²) in [5.74, 6) is 1.01. The molecule has 3 rings (SSSR count). The Bertz CT molecular complexity index is 766. The minimum atomic E-state index is -0.107. The third-order valence-electron chi connectivity index (χ3n) is 6.04. The van der Waals surface area contributed by atoms with E-state index in [9.17, 15) is 4.79 Å². The summed E-state index contributed by atoms with van der Waals surface area (Å²) in [6.07, 6.45) is 15.0. The number of aromatic nitrogens is 2. The molecule has 1 aromatic heterocycles. The Morgan fingerprint density at radius 3 is 2.52 bits per heavy atom. The van der Waals surface area contributed by atoms with Gasteiger partial charge < -0.3 is 15.2 Å². The van der Waals surface area contributed by atoms with Crippen LogP contribution in [-0.4, -0.2) is 28.6 Å². The Balaban J connectivity index is 1.37. The highest BCUT2D eigenvalue weighted by atomic mass is 16.5. The van der Waals surface area contributed by atoms with Crippen LogP contribution in [0.1, 0.15) is 89.0 Å². The van der Waals surface area contributed by atoms with Gasteiger partial charge in [-0.3, -0.25) is 4.79 Å². The number of benzene rings is 1. The fourth-order valence-electron chi connectivity index (χ4n) is 4.09. The number of carbonyl (C=O) groups excluding carboxylic acids is 1. The van der Waals surface area contributed by atoms with E-state index in [1.54, 1.807) is 0 Å². The van der Waals surface area contributed by atoms with Gasteiger partial charge >= 0.3 is 0 Å². The van der Waals surface area contributed by atoms with Crippen molar-refractivity contribution in [3.63, 3.8) is 0 Å². The Morgan fingerprint density at radius 2 is 1.81 bits per heavy atom. The van der Waals surface area contributed by atoms with E-state index in [0.717, 1.165) is 37.8 Å². The van der Waals surface area contributed by atoms with Gasteiger partial charge in [0.25, 0.3) is 0 Å². The average Bonchev–Trinajstić information content (AvgIpc) is 3.29. The van der Waals surface area contributed by atoms with E-state index < -0.39 is 0 Å². The van der Waals surface area contributed by atoms with Crippen LogP contribution in [0, 0.1) is 0 Å². The summed E-state index contributed by atoms with van der Waals surface area (Å²) >= 11 is 0. The van der Waals surface area contributed by atoms with Crippen LogP contribution in [0.15, 0.2) is 28.8 Å². The molecule has 6 heteroatoms. The molecule has 1 aromatic carbocycles. The van der Waals surface area contributed by atoms with Crippen molar-refractivity contribution in [2.45, 2.75) is 96.6 Å². The molecule has 0 radical (unpaired) electrons. The van der Waals surface area contributed by atoms with Gasteiger partial charge in [0.15, 0.2) is 0 Å². The molecular formula is C25H38N4O2. The van der Waals surface area contributed by atoms with Crippen molar-refractivity contribution < 1.29 is 9.32 Å². The molecule has 170 valence electrons. The number of hydrogen-bond acceptors (Lipinski definition) is 5. The first-order valence-electron chi connectivity index (χ1n) is 12.2. The molecule has 6 nitrogen and oxygen atoms in total. The number of rotatable bonds is 13. The van der Waals surface area contributed by atoms with Crippen LogP contribution in [0.4, 0.5) is 0 Å². The van der Waals surface area contributed by atoms with E-state index in [1.807, 2.05) is 0 Å². The van der Waals surface area contributed by atoms with Crippen LogP contribution in [0.2, 0.25) is 0 Å². The first-order chi connectivity index (χ1) is 15.3. The SMILES string of the molecule is CCCCCCCCCCc1ccc(-c2noc(CNC(=O)[C@@H]3CCCCN3)n2)cc1. The largest absolute Gasteiger partial charge is 0.346 e. The second kappa shape index (κ2) is 13.3. The predicted molar refractivity (Wildman–Crippen MR) is 124 cm³/mol. The van der Waals surface area contributed by atoms with Crippen molar-refractivity contribution >= 4 is 5.91 Å². The number of carbonyl (C=O) groups is 1. The van der Waals surface area contributed by atoms with Crippen molar-refractivity contribution in [2.75, 3.05) is 6.54 Å². The molecule has 1 atom stereocenters. The predicted octanol–water partition coefficient (Wildman–Crippen LogP) is 5.18. The number of nitrogens with zero attached hydrogens (tertiary/aromatic N) is 2. The molecule has 2 N–H and O–H groups in total. The normalized spacial score (nSPS) is 16.4. The first-order valence-corrected chi connectivity index (χ1v) is 12.2. The lowest BCUT2D eigenvalue weighted by atomic mass is 10.0. The lowest BCUT2D eigenvalue weighted by Gasteiger charge is -2.22. The van der Waals surface area contributed by atoms with E-state index in [4.69, 9.17) is 4.52 Å². The zero-order chi connectivity index (χ0) is 21.7. The average molecular weight is 427 g/mol. The van der Waals surface area contributed by atoms with Crippen molar-refractivity contribution in [1.29, 1.82) is 0 Å². The highest BCUT2D eigenvalue weighted by molar-refractivity contribution is 5.81. The van der Waals surface area contributed by atoms with Gasteiger partial charge in [0, 0.05) is 5.56 Å². The van der Waals surface area contributed by atoms with Crippen LogP contribution >= 0.6 is 0 Å². The molecule has 0 unspecified atom stereocenters. The standard InChI is InChI=1S/C25H38N4O2/c1-2-3-4-5-6-7-8-9-12-20-14-16-21(17-15-20)24-28-23(31-29-24)19-27-25(30)22-13-10-11-18-26-22/h14-17,22,26H,2-13,18-19H2,1H3,(H,27,30)/t22-/m0/s1. The van der Waals surface area contributed by atoms with Gasteiger partial charge in [-0.15, -0.1) is 0 Å². The minimum Gasteiger partial charge on any atom is -0.346 e. The lowest BCUT2D eigenvalue weighted by Crippen LogP contribution is -2.46. The molecule has 0 spiro atoms. The Hall–Kier alpha value is -2.21. The molecule has 1 fully saturated rings. The topological polar surface area (TPSA) is 80.0 Å². The maximum Gasteiger partial charge on any atom is 0.246 e. The van der Waals surface area contributed by atoms with Crippen LogP contribution < -0.4 is 10.6 Å². The molecule has 0 saturated carbocycles. The van der Waals surface area contributed by atoms with Gasteiger partial charge in [-0.25, -0.2) is 0 Å². The number of aryl methyl sites for hydroxylation is 1. The van der Waals surface area contributed by atoms with Crippen LogP contribution in [0.5, 0.6) is 0 Å². The quantitative estimate of drug-likeness (QED) is 0.432. The highest BCUT2D eigenvalue weighted by Crippen LogP contribution is 2.18. The van der Waals surface area contributed by atoms with Crippen LogP contribution in [-0.2, 0) is 17.8 Å². The number of piperidine rings is 1. The third kappa shape index (κ3) is 8.09. The summed E-state index contributed by atoms with van der Waals surface area (Å²) in [5.41, 5.74) is 2.29. The van der Waals surface area contributed by atoms with Crippen LogP contribution in [0.3, 0.4) is 0 Å². The summed E-state index contributed by atoms with van der Waals surface area (Å²) in [5, 5.41) is 10.2. The van der Waals surface area contributed by atoms with Crippen molar-refractivity contribution in [3.8, 4) is 11.4 Å². The molecule has 2 aromatic rings. The summed E-state index contributed by atoms with van der Waals surface area (Å²) in [6.45, 7) is 3.43. The lowest BCUT2D eigenvalue weighted by molar-refractivity contribution is -0.123. The molecule has 1 aliphatic heterocycles. The second-order valence-corrected chi connectivity index (χ2v) is 8.65. The Kier molecular flexibility index (Phi) is 10.0. The van der Waals surface area contributed by atoms with Crippen molar-refractivity contribution in [3.05, 3.63) is 35.7 Å². The van der Waals surface area contributed by atoms with E-state index in [2.05, 4.69) is 52.0 Å². The Morgan fingerprint density at radius 1 is 1.06 bits per heavy atom. The van der Waals surface area contributed by atoms with Gasteiger partial charge in [-0.2, -0.15) is 4.98 Å².